The number of rotatable bonds is 4. The molecule has 0 amide bonds. The van der Waals surface area contributed by atoms with Crippen molar-refractivity contribution in [3.8, 4) is 0 Å². The summed E-state index contributed by atoms with van der Waals surface area (Å²) in [6.45, 7) is 14.1. The van der Waals surface area contributed by atoms with Crippen LogP contribution in [0.15, 0.2) is 12.2 Å². The molecule has 6 N–H and O–H groups in total. The molecule has 0 aromatic heterocycles. The summed E-state index contributed by atoms with van der Waals surface area (Å²) in [4.78, 5) is 0. The smallest absolute Gasteiger partial charge is 0.186 e. The maximum atomic E-state index is 12.1. The monoisotopic (exact) mass is 634 g/mol. The van der Waals surface area contributed by atoms with E-state index in [1.165, 1.54) is 0 Å². The van der Waals surface area contributed by atoms with Gasteiger partial charge in [0.1, 0.15) is 24.4 Å². The van der Waals surface area contributed by atoms with Crippen LogP contribution in [0.5, 0.6) is 0 Å². The lowest BCUT2D eigenvalue weighted by Gasteiger charge is -2.79. The van der Waals surface area contributed by atoms with Crippen LogP contribution in [0.25, 0.3) is 0 Å². The van der Waals surface area contributed by atoms with E-state index in [1.807, 2.05) is 0 Å². The van der Waals surface area contributed by atoms with Gasteiger partial charge in [-0.05, 0) is 84.9 Å². The SMILES string of the molecule is C[C@@H]1CC[C@@]23CO[C@@]2([C@H]2C=C[C@@H]4[C@@]5(C)CC[C@H](O[C@@H]6O[C@H](CO)[C@@H](O)[C@H](O)[C@H]6O)[C@@](C)(CO)[C@@H]5CC[C@@]4(C)[C@]2(C)C[C@@H]3O)[C@H]1C. The summed E-state index contributed by atoms with van der Waals surface area (Å²) in [6, 6.07) is 0. The molecule has 2 saturated heterocycles. The molecule has 0 unspecified atom stereocenters. The molecule has 9 heteroatoms. The fourth-order valence-electron chi connectivity index (χ4n) is 13.1. The molecular formula is C36H58O9. The fourth-order valence-corrected chi connectivity index (χ4v) is 13.1. The van der Waals surface area contributed by atoms with Crippen LogP contribution in [0.1, 0.15) is 86.5 Å². The summed E-state index contributed by atoms with van der Waals surface area (Å²) in [5.41, 5.74) is -1.53. The van der Waals surface area contributed by atoms with Crippen molar-refractivity contribution >= 4 is 0 Å². The van der Waals surface area contributed by atoms with Gasteiger partial charge in [0.25, 0.3) is 0 Å². The Morgan fingerprint density at radius 1 is 0.822 bits per heavy atom. The second-order valence-corrected chi connectivity index (χ2v) is 17.6. The number of hydrogen-bond acceptors (Lipinski definition) is 9. The van der Waals surface area contributed by atoms with Gasteiger partial charge in [-0.1, -0.05) is 53.7 Å². The Balaban J connectivity index is 1.22. The van der Waals surface area contributed by atoms with E-state index in [1.54, 1.807) is 0 Å². The van der Waals surface area contributed by atoms with Crippen molar-refractivity contribution in [3.63, 3.8) is 0 Å². The topological polar surface area (TPSA) is 149 Å². The summed E-state index contributed by atoms with van der Waals surface area (Å²) < 4.78 is 18.9. The average Bonchev–Trinajstić information content (AvgIpc) is 2.99. The largest absolute Gasteiger partial charge is 0.396 e. The van der Waals surface area contributed by atoms with Gasteiger partial charge in [0.05, 0.1) is 37.6 Å². The van der Waals surface area contributed by atoms with E-state index in [0.29, 0.717) is 24.9 Å². The minimum atomic E-state index is -1.51. The molecule has 7 rings (SSSR count). The van der Waals surface area contributed by atoms with E-state index in [0.717, 1.165) is 38.5 Å². The summed E-state index contributed by atoms with van der Waals surface area (Å²) in [5, 5.41) is 64.2. The van der Waals surface area contributed by atoms with E-state index in [-0.39, 0.29) is 57.7 Å². The van der Waals surface area contributed by atoms with E-state index in [2.05, 4.69) is 53.7 Å². The van der Waals surface area contributed by atoms with E-state index < -0.39 is 48.8 Å². The molecule has 0 spiro atoms. The Morgan fingerprint density at radius 2 is 1.53 bits per heavy atom. The summed E-state index contributed by atoms with van der Waals surface area (Å²) >= 11 is 0. The first-order chi connectivity index (χ1) is 21.1. The highest BCUT2D eigenvalue weighted by atomic mass is 16.7. The van der Waals surface area contributed by atoms with Crippen molar-refractivity contribution in [1.82, 2.24) is 0 Å². The maximum absolute atomic E-state index is 12.1. The first kappa shape index (κ1) is 32.9. The van der Waals surface area contributed by atoms with Crippen molar-refractivity contribution in [2.45, 2.75) is 135 Å². The molecule has 2 heterocycles. The van der Waals surface area contributed by atoms with Gasteiger partial charge in [-0.3, -0.25) is 0 Å². The minimum Gasteiger partial charge on any atom is -0.396 e. The highest BCUT2D eigenvalue weighted by Gasteiger charge is 2.80. The van der Waals surface area contributed by atoms with Crippen LogP contribution >= 0.6 is 0 Å². The summed E-state index contributed by atoms with van der Waals surface area (Å²) in [7, 11) is 0. The standard InChI is InChI=1S/C36H58O9/c1-19-9-14-35-18-43-36(35,20(19)2)24-8-7-23-31(3)12-11-26(45-30-29(42)28(41)27(40)21(16-37)44-30)32(4,17-38)22(31)10-13-33(23,5)34(24,6)15-25(35)39/h7-8,19-30,37-42H,9-18H2,1-6H3/t19-,20+,21-,22-,23-,24+,25+,26+,27-,28+,29-,30+,31+,32+,33-,34-,35+,36-/m1/s1. The molecule has 4 saturated carbocycles. The Kier molecular flexibility index (Phi) is 7.64. The Morgan fingerprint density at radius 3 is 2.18 bits per heavy atom. The van der Waals surface area contributed by atoms with Crippen LogP contribution in [0, 0.1) is 56.7 Å². The van der Waals surface area contributed by atoms with Gasteiger partial charge >= 0.3 is 0 Å². The molecule has 0 bridgehead atoms. The number of allylic oxidation sites excluding steroid dienone is 1. The Hall–Kier alpha value is -0.620. The normalized spacial score (nSPS) is 62.0. The second-order valence-electron chi connectivity index (χ2n) is 17.6. The number of aliphatic hydroxyl groups excluding tert-OH is 6. The number of fused-ring (bicyclic) bond motifs is 5. The first-order valence-corrected chi connectivity index (χ1v) is 17.7. The molecule has 0 aromatic rings. The summed E-state index contributed by atoms with van der Waals surface area (Å²) in [6.07, 6.45) is 3.73. The van der Waals surface area contributed by atoms with Gasteiger partial charge in [-0.2, -0.15) is 0 Å². The molecule has 256 valence electrons. The fraction of sp³-hybridized carbons (Fsp3) is 0.944. The third-order valence-electron chi connectivity index (χ3n) is 16.2. The number of aliphatic hydroxyl groups is 6. The maximum Gasteiger partial charge on any atom is 0.186 e. The van der Waals surface area contributed by atoms with Gasteiger partial charge < -0.3 is 44.8 Å². The molecule has 0 radical (unpaired) electrons. The Labute approximate surface area is 268 Å². The third-order valence-corrected chi connectivity index (χ3v) is 16.2. The van der Waals surface area contributed by atoms with Gasteiger partial charge in [-0.15, -0.1) is 0 Å². The molecule has 9 nitrogen and oxygen atoms in total. The van der Waals surface area contributed by atoms with Crippen LogP contribution in [-0.2, 0) is 14.2 Å². The zero-order valence-electron chi connectivity index (χ0n) is 28.1. The zero-order chi connectivity index (χ0) is 32.5. The molecule has 7 aliphatic rings. The molecule has 45 heavy (non-hydrogen) atoms. The van der Waals surface area contributed by atoms with Gasteiger partial charge in [0.15, 0.2) is 6.29 Å². The Bertz CT molecular complexity index is 1200. The third kappa shape index (κ3) is 3.82. The molecular weight excluding hydrogens is 576 g/mol. The van der Waals surface area contributed by atoms with Crippen molar-refractivity contribution in [2.75, 3.05) is 19.8 Å². The zero-order valence-corrected chi connectivity index (χ0v) is 28.1. The van der Waals surface area contributed by atoms with E-state index >= 15 is 0 Å². The van der Waals surface area contributed by atoms with Crippen LogP contribution < -0.4 is 0 Å². The molecule has 0 aromatic carbocycles. The highest BCUT2D eigenvalue weighted by molar-refractivity contribution is 5.34. The predicted octanol–water partition coefficient (Wildman–Crippen LogP) is 2.78. The van der Waals surface area contributed by atoms with E-state index in [9.17, 15) is 30.6 Å². The highest BCUT2D eigenvalue weighted by Crippen LogP contribution is 2.78. The second kappa shape index (κ2) is 10.4. The number of hydrogen-bond donors (Lipinski definition) is 6. The number of ether oxygens (including phenoxy) is 3. The van der Waals surface area contributed by atoms with Gasteiger partial charge in [-0.25, -0.2) is 0 Å². The minimum absolute atomic E-state index is 0.0831. The summed E-state index contributed by atoms with van der Waals surface area (Å²) in [5.74, 6) is 1.49. The van der Waals surface area contributed by atoms with Gasteiger partial charge in [0.2, 0.25) is 0 Å². The molecule has 2 aliphatic heterocycles. The van der Waals surface area contributed by atoms with Crippen LogP contribution in [0.4, 0.5) is 0 Å². The van der Waals surface area contributed by atoms with Crippen LogP contribution in [0.3, 0.4) is 0 Å². The van der Waals surface area contributed by atoms with Crippen molar-refractivity contribution in [1.29, 1.82) is 0 Å². The lowest BCUT2D eigenvalue weighted by molar-refractivity contribution is -0.404. The molecule has 6 fully saturated rings. The quantitative estimate of drug-likeness (QED) is 0.203. The van der Waals surface area contributed by atoms with Crippen LogP contribution in [0.2, 0.25) is 0 Å². The predicted molar refractivity (Wildman–Crippen MR) is 166 cm³/mol. The molecule has 18 atom stereocenters. The van der Waals surface area contributed by atoms with Crippen molar-refractivity contribution < 1.29 is 44.8 Å². The van der Waals surface area contributed by atoms with Crippen LogP contribution in [-0.4, -0.2) is 99.0 Å². The molecule has 5 aliphatic carbocycles. The lowest BCUT2D eigenvalue weighted by atomic mass is 9.30. The van der Waals surface area contributed by atoms with Gasteiger partial charge in [0, 0.05) is 16.7 Å². The lowest BCUT2D eigenvalue weighted by Crippen LogP contribution is -2.82. The van der Waals surface area contributed by atoms with E-state index in [4.69, 9.17) is 14.2 Å². The first-order valence-electron chi connectivity index (χ1n) is 17.7. The average molecular weight is 635 g/mol. The van der Waals surface area contributed by atoms with Crippen molar-refractivity contribution in [3.05, 3.63) is 12.2 Å². The van der Waals surface area contributed by atoms with Crippen molar-refractivity contribution in [2.24, 2.45) is 56.7 Å².